The summed E-state index contributed by atoms with van der Waals surface area (Å²) in [7, 11) is 0. The van der Waals surface area contributed by atoms with E-state index in [-0.39, 0.29) is 24.4 Å². The van der Waals surface area contributed by atoms with Gasteiger partial charge in [0.1, 0.15) is 24.1 Å². The van der Waals surface area contributed by atoms with Crippen molar-refractivity contribution < 1.29 is 28.9 Å². The molecular weight excluding hydrogens is 406 g/mol. The third-order valence-corrected chi connectivity index (χ3v) is 5.45. The van der Waals surface area contributed by atoms with Gasteiger partial charge in [0.25, 0.3) is 0 Å². The quantitative estimate of drug-likeness (QED) is 0.751. The molecule has 1 saturated heterocycles. The maximum Gasteiger partial charge on any atom is 0.410 e. The van der Waals surface area contributed by atoms with E-state index < -0.39 is 11.6 Å². The number of morpholine rings is 1. The fourth-order valence-corrected chi connectivity index (χ4v) is 3.89. The lowest BCUT2D eigenvalue weighted by atomic mass is 10.1. The normalized spacial score (nSPS) is 16.9. The summed E-state index contributed by atoms with van der Waals surface area (Å²) in [5.41, 5.74) is 0.395. The Morgan fingerprint density at radius 2 is 2.03 bits per heavy atom. The molecule has 1 aromatic carbocycles. The van der Waals surface area contributed by atoms with Crippen molar-refractivity contribution >= 4 is 23.4 Å². The number of aromatic carboxylic acids is 1. The molecule has 30 heavy (non-hydrogen) atoms. The van der Waals surface area contributed by atoms with Gasteiger partial charge in [-0.3, -0.25) is 0 Å². The van der Waals surface area contributed by atoms with Crippen molar-refractivity contribution in [1.82, 2.24) is 4.90 Å². The number of nitrogens with zero attached hydrogens (tertiary/aromatic N) is 1. The van der Waals surface area contributed by atoms with Gasteiger partial charge in [0, 0.05) is 16.3 Å². The molecule has 7 nitrogen and oxygen atoms in total. The Balaban J connectivity index is 1.68. The predicted octanol–water partition coefficient (Wildman–Crippen LogP) is 4.44. The molecule has 1 atom stereocenters. The summed E-state index contributed by atoms with van der Waals surface area (Å²) in [6.07, 6.45) is -0.703. The zero-order valence-electron chi connectivity index (χ0n) is 17.6. The summed E-state index contributed by atoms with van der Waals surface area (Å²) in [6.45, 7) is 8.89. The van der Waals surface area contributed by atoms with E-state index in [1.165, 1.54) is 6.07 Å². The van der Waals surface area contributed by atoms with Crippen molar-refractivity contribution in [2.24, 2.45) is 0 Å². The first-order chi connectivity index (χ1) is 14.1. The first-order valence-electron chi connectivity index (χ1n) is 9.78. The molecule has 1 unspecified atom stereocenters. The molecule has 0 aliphatic carbocycles. The zero-order chi connectivity index (χ0) is 21.9. The minimum Gasteiger partial charge on any atom is -0.491 e. The Morgan fingerprint density at radius 3 is 2.67 bits per heavy atom. The summed E-state index contributed by atoms with van der Waals surface area (Å²) in [6, 6.07) is 8.93. The molecule has 1 aliphatic heterocycles. The third kappa shape index (κ3) is 5.96. The molecule has 0 saturated carbocycles. The van der Waals surface area contributed by atoms with Crippen molar-refractivity contribution in [3.8, 4) is 16.2 Å². The summed E-state index contributed by atoms with van der Waals surface area (Å²) >= 11 is 1.59. The van der Waals surface area contributed by atoms with Crippen LogP contribution in [0.2, 0.25) is 0 Å². The van der Waals surface area contributed by atoms with Gasteiger partial charge in [-0.05, 0) is 63.6 Å². The van der Waals surface area contributed by atoms with Gasteiger partial charge < -0.3 is 24.2 Å². The van der Waals surface area contributed by atoms with Gasteiger partial charge in [0.2, 0.25) is 0 Å². The number of carbonyl (C=O) groups excluding carboxylic acids is 1. The van der Waals surface area contributed by atoms with Crippen LogP contribution in [0.15, 0.2) is 30.3 Å². The number of rotatable bonds is 5. The van der Waals surface area contributed by atoms with Crippen LogP contribution >= 0.6 is 11.3 Å². The standard InChI is InChI=1S/C22H27NO6S/c1-14-5-6-19(30-14)15-9-16(20(24)25)11-17(10-15)28-13-18-12-23(7-8-27-18)21(26)29-22(2,3)4/h5-6,9-11,18H,7-8,12-13H2,1-4H3,(H,24,25). The highest BCUT2D eigenvalue weighted by Gasteiger charge is 2.28. The summed E-state index contributed by atoms with van der Waals surface area (Å²) in [5, 5.41) is 9.46. The molecule has 1 aliphatic rings. The predicted molar refractivity (Wildman–Crippen MR) is 114 cm³/mol. The first-order valence-corrected chi connectivity index (χ1v) is 10.6. The molecule has 0 spiro atoms. The second-order valence-corrected chi connectivity index (χ2v) is 9.48. The number of aryl methyl sites for hydroxylation is 1. The van der Waals surface area contributed by atoms with Gasteiger partial charge in [-0.1, -0.05) is 0 Å². The van der Waals surface area contributed by atoms with E-state index in [2.05, 4.69) is 0 Å². The van der Waals surface area contributed by atoms with Crippen molar-refractivity contribution in [3.05, 3.63) is 40.8 Å². The Labute approximate surface area is 180 Å². The SMILES string of the molecule is Cc1ccc(-c2cc(OCC3CN(C(=O)OC(C)(C)C)CCO3)cc(C(=O)O)c2)s1. The minimum absolute atomic E-state index is 0.161. The summed E-state index contributed by atoms with van der Waals surface area (Å²) in [4.78, 5) is 27.6. The highest BCUT2D eigenvalue weighted by atomic mass is 32.1. The fourth-order valence-electron chi connectivity index (χ4n) is 3.04. The van der Waals surface area contributed by atoms with Crippen LogP contribution in [0.4, 0.5) is 4.79 Å². The van der Waals surface area contributed by atoms with Crippen molar-refractivity contribution in [2.45, 2.75) is 39.4 Å². The lowest BCUT2D eigenvalue weighted by Crippen LogP contribution is -2.49. The summed E-state index contributed by atoms with van der Waals surface area (Å²) in [5.74, 6) is -0.561. The molecule has 1 amide bonds. The maximum atomic E-state index is 12.3. The average Bonchev–Trinajstić information content (AvgIpc) is 3.11. The Hall–Kier alpha value is -2.58. The smallest absolute Gasteiger partial charge is 0.410 e. The van der Waals surface area contributed by atoms with Gasteiger partial charge in [-0.25, -0.2) is 9.59 Å². The number of amides is 1. The first kappa shape index (κ1) is 22.1. The third-order valence-electron chi connectivity index (χ3n) is 4.40. The second kappa shape index (κ2) is 9.06. The molecule has 2 heterocycles. The largest absolute Gasteiger partial charge is 0.491 e. The summed E-state index contributed by atoms with van der Waals surface area (Å²) < 4.78 is 17.0. The lowest BCUT2D eigenvalue weighted by Gasteiger charge is -2.34. The number of thiophene rings is 1. The topological polar surface area (TPSA) is 85.3 Å². The molecular formula is C22H27NO6S. The number of carbonyl (C=O) groups is 2. The van der Waals surface area contributed by atoms with E-state index in [1.54, 1.807) is 22.3 Å². The molecule has 0 radical (unpaired) electrons. The van der Waals surface area contributed by atoms with Gasteiger partial charge in [-0.2, -0.15) is 0 Å². The Kier molecular flexibility index (Phi) is 6.67. The van der Waals surface area contributed by atoms with Crippen LogP contribution in [-0.2, 0) is 9.47 Å². The molecule has 0 bridgehead atoms. The van der Waals surface area contributed by atoms with Crippen molar-refractivity contribution in [2.75, 3.05) is 26.3 Å². The van der Waals surface area contributed by atoms with E-state index in [1.807, 2.05) is 45.9 Å². The number of ether oxygens (including phenoxy) is 3. The molecule has 1 aromatic heterocycles. The van der Waals surface area contributed by atoms with Gasteiger partial charge in [-0.15, -0.1) is 11.3 Å². The molecule has 3 rings (SSSR count). The zero-order valence-corrected chi connectivity index (χ0v) is 18.5. The van der Waals surface area contributed by atoms with Crippen LogP contribution in [-0.4, -0.2) is 60.1 Å². The molecule has 162 valence electrons. The van der Waals surface area contributed by atoms with Gasteiger partial charge >= 0.3 is 12.1 Å². The van der Waals surface area contributed by atoms with Crippen molar-refractivity contribution in [1.29, 1.82) is 0 Å². The molecule has 1 N–H and O–H groups in total. The van der Waals surface area contributed by atoms with Crippen LogP contribution in [0, 0.1) is 6.92 Å². The van der Waals surface area contributed by atoms with E-state index in [9.17, 15) is 14.7 Å². The van der Waals surface area contributed by atoms with Crippen LogP contribution < -0.4 is 4.74 Å². The number of hydrogen-bond acceptors (Lipinski definition) is 6. The van der Waals surface area contributed by atoms with E-state index in [4.69, 9.17) is 14.2 Å². The van der Waals surface area contributed by atoms with E-state index in [0.717, 1.165) is 15.3 Å². The highest BCUT2D eigenvalue weighted by molar-refractivity contribution is 7.15. The van der Waals surface area contributed by atoms with Crippen LogP contribution in [0.3, 0.4) is 0 Å². The van der Waals surface area contributed by atoms with E-state index >= 15 is 0 Å². The van der Waals surface area contributed by atoms with Gasteiger partial charge in [0.15, 0.2) is 0 Å². The second-order valence-electron chi connectivity index (χ2n) is 8.19. The molecule has 2 aromatic rings. The Morgan fingerprint density at radius 1 is 1.27 bits per heavy atom. The van der Waals surface area contributed by atoms with Crippen molar-refractivity contribution in [3.63, 3.8) is 0 Å². The lowest BCUT2D eigenvalue weighted by molar-refractivity contribution is -0.0557. The maximum absolute atomic E-state index is 12.3. The number of carboxylic acids is 1. The van der Waals surface area contributed by atoms with E-state index in [0.29, 0.717) is 25.4 Å². The fraction of sp³-hybridized carbons (Fsp3) is 0.455. The minimum atomic E-state index is -1.01. The monoisotopic (exact) mass is 433 g/mol. The average molecular weight is 434 g/mol. The number of carboxylic acid groups (broad SMARTS) is 1. The van der Waals surface area contributed by atoms with Crippen LogP contribution in [0.1, 0.15) is 36.0 Å². The Bertz CT molecular complexity index is 917. The number of hydrogen-bond donors (Lipinski definition) is 1. The van der Waals surface area contributed by atoms with Crippen LogP contribution in [0.25, 0.3) is 10.4 Å². The van der Waals surface area contributed by atoms with Crippen LogP contribution in [0.5, 0.6) is 5.75 Å². The number of benzene rings is 1. The molecule has 1 fully saturated rings. The molecule has 8 heteroatoms. The highest BCUT2D eigenvalue weighted by Crippen LogP contribution is 2.31. The van der Waals surface area contributed by atoms with Gasteiger partial charge in [0.05, 0.1) is 18.7 Å².